The molecule has 1 N–H and O–H groups in total. The average molecular weight is 257 g/mol. The summed E-state index contributed by atoms with van der Waals surface area (Å²) < 4.78 is 1.86. The highest BCUT2D eigenvalue weighted by molar-refractivity contribution is 5.35. The first kappa shape index (κ1) is 13.8. The quantitative estimate of drug-likeness (QED) is 0.892. The van der Waals surface area contributed by atoms with Crippen molar-refractivity contribution in [3.63, 3.8) is 0 Å². The van der Waals surface area contributed by atoms with Gasteiger partial charge in [0.15, 0.2) is 0 Å². The molecule has 0 saturated carbocycles. The second kappa shape index (κ2) is 6.02. The molecule has 2 rings (SSSR count). The van der Waals surface area contributed by atoms with Crippen molar-refractivity contribution in [3.05, 3.63) is 52.8 Å². The summed E-state index contributed by atoms with van der Waals surface area (Å²) in [6.07, 6.45) is 5.16. The normalized spacial score (nSPS) is 12.6. The minimum absolute atomic E-state index is 0.229. The minimum Gasteiger partial charge on any atom is -0.306 e. The van der Waals surface area contributed by atoms with E-state index in [9.17, 15) is 0 Å². The van der Waals surface area contributed by atoms with Crippen molar-refractivity contribution in [2.45, 2.75) is 33.2 Å². The highest BCUT2D eigenvalue weighted by atomic mass is 15.2. The number of rotatable bonds is 5. The third kappa shape index (κ3) is 3.44. The van der Waals surface area contributed by atoms with E-state index in [2.05, 4.69) is 55.6 Å². The van der Waals surface area contributed by atoms with Gasteiger partial charge >= 0.3 is 0 Å². The molecule has 102 valence electrons. The largest absolute Gasteiger partial charge is 0.306 e. The molecule has 0 bridgehead atoms. The zero-order valence-corrected chi connectivity index (χ0v) is 12.3. The van der Waals surface area contributed by atoms with Gasteiger partial charge in [-0.2, -0.15) is 5.10 Å². The van der Waals surface area contributed by atoms with E-state index in [1.165, 1.54) is 22.3 Å². The Morgan fingerprint density at radius 1 is 1.16 bits per heavy atom. The molecule has 0 aliphatic carbocycles. The van der Waals surface area contributed by atoms with Crippen LogP contribution in [0.1, 0.15) is 41.6 Å². The summed E-state index contributed by atoms with van der Waals surface area (Å²) in [5, 5.41) is 7.91. The highest BCUT2D eigenvalue weighted by Gasteiger charge is 2.15. The molecule has 3 nitrogen and oxygen atoms in total. The predicted octanol–water partition coefficient (Wildman–Crippen LogP) is 3.13. The number of nitrogens with one attached hydrogen (secondary N) is 1. The minimum atomic E-state index is 0.229. The maximum absolute atomic E-state index is 4.29. The topological polar surface area (TPSA) is 29.9 Å². The Morgan fingerprint density at radius 3 is 2.37 bits per heavy atom. The van der Waals surface area contributed by atoms with E-state index in [4.69, 9.17) is 0 Å². The third-order valence-corrected chi connectivity index (χ3v) is 3.23. The number of aryl methyl sites for hydroxylation is 3. The molecule has 0 fully saturated rings. The molecule has 0 spiro atoms. The number of benzene rings is 1. The molecule has 1 aromatic carbocycles. The van der Waals surface area contributed by atoms with Crippen molar-refractivity contribution >= 4 is 0 Å². The number of hydrogen-bond acceptors (Lipinski definition) is 2. The summed E-state index contributed by atoms with van der Waals surface area (Å²) >= 11 is 0. The van der Waals surface area contributed by atoms with Crippen LogP contribution >= 0.6 is 0 Å². The van der Waals surface area contributed by atoms with Gasteiger partial charge in [0, 0.05) is 18.8 Å². The van der Waals surface area contributed by atoms with E-state index < -0.39 is 0 Å². The smallest absolute Gasteiger partial charge is 0.0608 e. The second-order valence-corrected chi connectivity index (χ2v) is 5.26. The van der Waals surface area contributed by atoms with Crippen molar-refractivity contribution in [1.82, 2.24) is 15.1 Å². The maximum Gasteiger partial charge on any atom is 0.0608 e. The first-order chi connectivity index (χ1) is 9.10. The van der Waals surface area contributed by atoms with Gasteiger partial charge in [-0.15, -0.1) is 0 Å². The lowest BCUT2D eigenvalue weighted by atomic mass is 9.97. The zero-order valence-electron chi connectivity index (χ0n) is 12.3. The van der Waals surface area contributed by atoms with Crippen LogP contribution < -0.4 is 5.32 Å². The second-order valence-electron chi connectivity index (χ2n) is 5.26. The Labute approximate surface area is 115 Å². The zero-order chi connectivity index (χ0) is 13.8. The van der Waals surface area contributed by atoms with Crippen molar-refractivity contribution < 1.29 is 0 Å². The van der Waals surface area contributed by atoms with Crippen LogP contribution in [-0.4, -0.2) is 16.3 Å². The first-order valence-electron chi connectivity index (χ1n) is 6.90. The monoisotopic (exact) mass is 257 g/mol. The Morgan fingerprint density at radius 2 is 1.84 bits per heavy atom. The molecular formula is C16H23N3. The van der Waals surface area contributed by atoms with E-state index in [0.29, 0.717) is 0 Å². The van der Waals surface area contributed by atoms with Crippen molar-refractivity contribution in [2.24, 2.45) is 7.05 Å². The predicted molar refractivity (Wildman–Crippen MR) is 79.3 cm³/mol. The Hall–Kier alpha value is -1.61. The molecule has 1 aromatic heterocycles. The lowest BCUT2D eigenvalue weighted by Crippen LogP contribution is -2.23. The summed E-state index contributed by atoms with van der Waals surface area (Å²) in [4.78, 5) is 0. The van der Waals surface area contributed by atoms with Crippen LogP contribution in [0.2, 0.25) is 0 Å². The molecule has 1 unspecified atom stereocenters. The van der Waals surface area contributed by atoms with Crippen LogP contribution in [0.4, 0.5) is 0 Å². The fourth-order valence-electron chi connectivity index (χ4n) is 2.48. The molecule has 1 heterocycles. The molecule has 0 saturated heterocycles. The van der Waals surface area contributed by atoms with E-state index in [1.807, 2.05) is 17.9 Å². The van der Waals surface area contributed by atoms with Crippen LogP contribution in [0.15, 0.2) is 30.6 Å². The standard InChI is InChI=1S/C16H23N3/c1-5-6-17-16(15-10-18-19(4)11-15)14-8-12(2)7-13(3)9-14/h7-11,16-17H,5-6H2,1-4H3. The molecule has 2 aromatic rings. The first-order valence-corrected chi connectivity index (χ1v) is 6.90. The third-order valence-electron chi connectivity index (χ3n) is 3.23. The molecule has 0 aliphatic heterocycles. The lowest BCUT2D eigenvalue weighted by Gasteiger charge is -2.19. The van der Waals surface area contributed by atoms with Gasteiger partial charge in [0.1, 0.15) is 0 Å². The van der Waals surface area contributed by atoms with E-state index in [-0.39, 0.29) is 6.04 Å². The average Bonchev–Trinajstić information content (AvgIpc) is 2.75. The fourth-order valence-corrected chi connectivity index (χ4v) is 2.48. The molecular weight excluding hydrogens is 234 g/mol. The van der Waals surface area contributed by atoms with Gasteiger partial charge in [0.05, 0.1) is 12.2 Å². The molecule has 0 amide bonds. The van der Waals surface area contributed by atoms with Gasteiger partial charge in [-0.3, -0.25) is 4.68 Å². The number of nitrogens with zero attached hydrogens (tertiary/aromatic N) is 2. The summed E-state index contributed by atoms with van der Waals surface area (Å²) in [6.45, 7) is 7.49. The Balaban J connectivity index is 2.36. The van der Waals surface area contributed by atoms with Crippen molar-refractivity contribution in [2.75, 3.05) is 6.54 Å². The highest BCUT2D eigenvalue weighted by Crippen LogP contribution is 2.23. The number of hydrogen-bond donors (Lipinski definition) is 1. The molecule has 3 heteroatoms. The molecule has 19 heavy (non-hydrogen) atoms. The Kier molecular flexibility index (Phi) is 4.38. The molecule has 0 radical (unpaired) electrons. The van der Waals surface area contributed by atoms with Gasteiger partial charge in [-0.25, -0.2) is 0 Å². The maximum atomic E-state index is 4.29. The van der Waals surface area contributed by atoms with Gasteiger partial charge in [0.25, 0.3) is 0 Å². The number of aromatic nitrogens is 2. The van der Waals surface area contributed by atoms with Gasteiger partial charge in [0.2, 0.25) is 0 Å². The van der Waals surface area contributed by atoms with E-state index in [1.54, 1.807) is 0 Å². The van der Waals surface area contributed by atoms with Crippen LogP contribution in [0.3, 0.4) is 0 Å². The SMILES string of the molecule is CCCNC(c1cc(C)cc(C)c1)c1cnn(C)c1. The molecule has 0 aliphatic rings. The van der Waals surface area contributed by atoms with Crippen LogP contribution in [-0.2, 0) is 7.05 Å². The van der Waals surface area contributed by atoms with Crippen molar-refractivity contribution in [3.8, 4) is 0 Å². The lowest BCUT2D eigenvalue weighted by molar-refractivity contribution is 0.597. The summed E-state index contributed by atoms with van der Waals surface area (Å²) in [5.74, 6) is 0. The van der Waals surface area contributed by atoms with Gasteiger partial charge in [-0.05, 0) is 32.4 Å². The summed E-state index contributed by atoms with van der Waals surface area (Å²) in [6, 6.07) is 6.96. The fraction of sp³-hybridized carbons (Fsp3) is 0.438. The Bertz CT molecular complexity index is 522. The van der Waals surface area contributed by atoms with Gasteiger partial charge < -0.3 is 5.32 Å². The van der Waals surface area contributed by atoms with Crippen LogP contribution in [0.25, 0.3) is 0 Å². The van der Waals surface area contributed by atoms with E-state index in [0.717, 1.165) is 13.0 Å². The van der Waals surface area contributed by atoms with Gasteiger partial charge in [-0.1, -0.05) is 36.2 Å². The molecule has 1 atom stereocenters. The summed E-state index contributed by atoms with van der Waals surface area (Å²) in [5.41, 5.74) is 5.16. The van der Waals surface area contributed by atoms with Crippen molar-refractivity contribution in [1.29, 1.82) is 0 Å². The van der Waals surface area contributed by atoms with E-state index >= 15 is 0 Å². The van der Waals surface area contributed by atoms with Crippen LogP contribution in [0.5, 0.6) is 0 Å². The summed E-state index contributed by atoms with van der Waals surface area (Å²) in [7, 11) is 1.96. The van der Waals surface area contributed by atoms with Crippen LogP contribution in [0, 0.1) is 13.8 Å².